The summed E-state index contributed by atoms with van der Waals surface area (Å²) in [4.78, 5) is 59.2. The molecule has 45 heavy (non-hydrogen) atoms. The molecule has 0 spiro atoms. The van der Waals surface area contributed by atoms with E-state index in [0.717, 1.165) is 43.6 Å². The average molecular weight is 607 g/mol. The number of likely N-dealkylation sites (tertiary alicyclic amines) is 2. The van der Waals surface area contributed by atoms with Crippen LogP contribution in [-0.4, -0.2) is 70.6 Å². The third-order valence-electron chi connectivity index (χ3n) is 10.3. The van der Waals surface area contributed by atoms with Crippen molar-refractivity contribution in [1.82, 2.24) is 9.80 Å². The molecule has 2 fully saturated rings. The predicted octanol–water partition coefficient (Wildman–Crippen LogP) is 4.15. The smallest absolute Gasteiger partial charge is 0.233 e. The number of aliphatic hydroxyl groups excluding tert-OH is 1. The number of hydrogen-bond donors (Lipinski definition) is 1. The molecule has 2 aliphatic heterocycles. The molecule has 2 aromatic rings. The summed E-state index contributed by atoms with van der Waals surface area (Å²) in [5.41, 5.74) is 4.40. The first-order valence-electron chi connectivity index (χ1n) is 16.0. The summed E-state index contributed by atoms with van der Waals surface area (Å²) in [7, 11) is 0. The molecular formula is C37H38N2O6. The highest BCUT2D eigenvalue weighted by molar-refractivity contribution is 6.23. The molecule has 0 radical (unpaired) electrons. The van der Waals surface area contributed by atoms with Crippen molar-refractivity contribution in [3.05, 3.63) is 100 Å². The lowest BCUT2D eigenvalue weighted by Crippen LogP contribution is -2.47. The Hall–Kier alpha value is -4.14. The molecule has 2 amide bonds. The van der Waals surface area contributed by atoms with Crippen molar-refractivity contribution in [2.45, 2.75) is 51.1 Å². The van der Waals surface area contributed by atoms with Gasteiger partial charge in [0, 0.05) is 48.3 Å². The van der Waals surface area contributed by atoms with Gasteiger partial charge < -0.3 is 9.84 Å². The number of carbonyl (C=O) groups is 4. The molecule has 0 saturated carbocycles. The predicted molar refractivity (Wildman–Crippen MR) is 167 cm³/mol. The number of ketones is 2. The third kappa shape index (κ3) is 5.20. The largest absolute Gasteiger partial charge is 0.491 e. The summed E-state index contributed by atoms with van der Waals surface area (Å²) >= 11 is 0. The lowest BCUT2D eigenvalue weighted by molar-refractivity contribution is -0.144. The first-order valence-corrected chi connectivity index (χ1v) is 16.0. The molecule has 1 N–H and O–H groups in total. The van der Waals surface area contributed by atoms with Crippen molar-refractivity contribution in [1.29, 1.82) is 0 Å². The van der Waals surface area contributed by atoms with Gasteiger partial charge in [0.25, 0.3) is 0 Å². The fourth-order valence-corrected chi connectivity index (χ4v) is 8.24. The topological polar surface area (TPSA) is 104 Å². The van der Waals surface area contributed by atoms with Crippen LogP contribution in [0.3, 0.4) is 0 Å². The van der Waals surface area contributed by atoms with Crippen LogP contribution in [0.4, 0.5) is 0 Å². The van der Waals surface area contributed by atoms with Gasteiger partial charge in [0.05, 0.1) is 18.4 Å². The Morgan fingerprint density at radius 2 is 1.64 bits per heavy atom. The van der Waals surface area contributed by atoms with Crippen LogP contribution >= 0.6 is 0 Å². The minimum absolute atomic E-state index is 0.0920. The van der Waals surface area contributed by atoms with Gasteiger partial charge in [-0.2, -0.15) is 0 Å². The van der Waals surface area contributed by atoms with E-state index >= 15 is 0 Å². The number of fused-ring (bicyclic) bond motifs is 3. The number of imide groups is 1. The van der Waals surface area contributed by atoms with Crippen LogP contribution in [0.15, 0.2) is 89.0 Å². The lowest BCUT2D eigenvalue weighted by atomic mass is 9.59. The van der Waals surface area contributed by atoms with Crippen molar-refractivity contribution in [3.8, 4) is 5.75 Å². The fraction of sp³-hybridized carbons (Fsp3) is 0.405. The second-order valence-corrected chi connectivity index (χ2v) is 12.9. The molecule has 8 heteroatoms. The summed E-state index contributed by atoms with van der Waals surface area (Å²) in [6.45, 7) is 4.22. The van der Waals surface area contributed by atoms with Gasteiger partial charge in [-0.15, -0.1) is 0 Å². The van der Waals surface area contributed by atoms with Gasteiger partial charge in [-0.3, -0.25) is 29.0 Å². The molecule has 8 nitrogen and oxygen atoms in total. The van der Waals surface area contributed by atoms with Gasteiger partial charge in [-0.1, -0.05) is 54.1 Å². The van der Waals surface area contributed by atoms with Crippen molar-refractivity contribution in [3.63, 3.8) is 0 Å². The summed E-state index contributed by atoms with van der Waals surface area (Å²) in [6, 6.07) is 17.6. The molecule has 0 aromatic heterocycles. The molecule has 4 atom stereocenters. The monoisotopic (exact) mass is 606 g/mol. The molecular weight excluding hydrogens is 568 g/mol. The van der Waals surface area contributed by atoms with E-state index in [0.29, 0.717) is 28.9 Å². The van der Waals surface area contributed by atoms with E-state index < -0.39 is 17.8 Å². The zero-order valence-corrected chi connectivity index (χ0v) is 25.5. The van der Waals surface area contributed by atoms with Crippen LogP contribution in [0, 0.1) is 17.8 Å². The summed E-state index contributed by atoms with van der Waals surface area (Å²) in [5.74, 6) is -1.76. The summed E-state index contributed by atoms with van der Waals surface area (Å²) in [6.07, 6.45) is 5.71. The second kappa shape index (κ2) is 12.0. The Morgan fingerprint density at radius 3 is 2.36 bits per heavy atom. The number of carbonyl (C=O) groups excluding carboxylic acids is 4. The van der Waals surface area contributed by atoms with Gasteiger partial charge in [0.2, 0.25) is 11.8 Å². The number of Topliss-reactive ketones (excluding diaryl/α,β-unsaturated/α-hetero) is 1. The molecule has 232 valence electrons. The highest BCUT2D eigenvalue weighted by Gasteiger charge is 2.57. The third-order valence-corrected chi connectivity index (χ3v) is 10.3. The average Bonchev–Trinajstić information content (AvgIpc) is 3.32. The number of aliphatic hydroxyl groups is 1. The zero-order chi connectivity index (χ0) is 31.2. The maximum Gasteiger partial charge on any atom is 0.233 e. The highest BCUT2D eigenvalue weighted by atomic mass is 16.5. The number of allylic oxidation sites excluding steroid dienone is 6. The van der Waals surface area contributed by atoms with Gasteiger partial charge in [-0.25, -0.2) is 0 Å². The standard InChI is InChI=1S/C37H38N2O6/c1-22-19-31(41)34-30(35(22)42)20-29-27(32(34)24-7-9-26(10-8-24)45-18-17-40)11-12-28-33(29)37(44)39(36(28)43)25-13-15-38(16-14-25)21-23-5-3-2-4-6-23/h2-11,19,25,28-29,32-33,40H,12-18,20-21H2,1H3. The van der Waals surface area contributed by atoms with Crippen LogP contribution in [-0.2, 0) is 25.7 Å². The van der Waals surface area contributed by atoms with Crippen LogP contribution in [0.25, 0.3) is 0 Å². The number of hydrogen-bond acceptors (Lipinski definition) is 7. The Morgan fingerprint density at radius 1 is 0.911 bits per heavy atom. The fourth-order valence-electron chi connectivity index (χ4n) is 8.24. The Balaban J connectivity index is 1.16. The van der Waals surface area contributed by atoms with Crippen LogP contribution in [0.1, 0.15) is 49.7 Å². The molecule has 0 bridgehead atoms. The van der Waals surface area contributed by atoms with Crippen molar-refractivity contribution >= 4 is 23.4 Å². The number of piperidine rings is 1. The first kappa shape index (κ1) is 29.6. The van der Waals surface area contributed by atoms with E-state index in [9.17, 15) is 19.2 Å². The maximum atomic E-state index is 14.3. The van der Waals surface area contributed by atoms with E-state index in [-0.39, 0.29) is 55.0 Å². The SMILES string of the molecule is CC1=CC(=O)C2=C(CC3C(=CCC4C(=O)N(C5CCN(Cc6ccccc6)CC5)C(=O)C43)C2c2ccc(OCCO)cc2)C1=O. The van der Waals surface area contributed by atoms with Crippen molar-refractivity contribution < 1.29 is 29.0 Å². The van der Waals surface area contributed by atoms with Crippen LogP contribution in [0.5, 0.6) is 5.75 Å². The highest BCUT2D eigenvalue weighted by Crippen LogP contribution is 2.55. The Kier molecular flexibility index (Phi) is 7.88. The molecule has 5 aliphatic rings. The number of ether oxygens (including phenoxy) is 1. The quantitative estimate of drug-likeness (QED) is 0.287. The molecule has 3 aliphatic carbocycles. The number of amides is 2. The minimum Gasteiger partial charge on any atom is -0.491 e. The molecule has 2 saturated heterocycles. The van der Waals surface area contributed by atoms with E-state index in [2.05, 4.69) is 23.1 Å². The molecule has 2 heterocycles. The normalized spacial score (nSPS) is 27.2. The first-order chi connectivity index (χ1) is 21.9. The summed E-state index contributed by atoms with van der Waals surface area (Å²) < 4.78 is 5.55. The lowest BCUT2D eigenvalue weighted by Gasteiger charge is -2.42. The molecule has 2 aromatic carbocycles. The number of rotatable bonds is 7. The van der Waals surface area contributed by atoms with Gasteiger partial charge in [0.1, 0.15) is 12.4 Å². The van der Waals surface area contributed by atoms with E-state index in [1.807, 2.05) is 30.3 Å². The number of nitrogens with zero attached hydrogens (tertiary/aromatic N) is 2. The zero-order valence-electron chi connectivity index (χ0n) is 25.5. The Bertz CT molecular complexity index is 1630. The van der Waals surface area contributed by atoms with E-state index in [1.165, 1.54) is 11.6 Å². The van der Waals surface area contributed by atoms with Gasteiger partial charge in [-0.05, 0) is 67.9 Å². The van der Waals surface area contributed by atoms with Crippen LogP contribution < -0.4 is 4.74 Å². The maximum absolute atomic E-state index is 14.3. The molecule has 4 unspecified atom stereocenters. The summed E-state index contributed by atoms with van der Waals surface area (Å²) in [5, 5.41) is 9.13. The van der Waals surface area contributed by atoms with Gasteiger partial charge >= 0.3 is 0 Å². The number of benzene rings is 2. The van der Waals surface area contributed by atoms with E-state index in [4.69, 9.17) is 9.84 Å². The Labute approximate surface area is 263 Å². The minimum atomic E-state index is -0.544. The van der Waals surface area contributed by atoms with E-state index in [1.54, 1.807) is 24.0 Å². The van der Waals surface area contributed by atoms with Crippen molar-refractivity contribution in [2.75, 3.05) is 26.3 Å². The van der Waals surface area contributed by atoms with Crippen molar-refractivity contribution in [2.24, 2.45) is 17.8 Å². The second-order valence-electron chi connectivity index (χ2n) is 12.9. The van der Waals surface area contributed by atoms with Crippen LogP contribution in [0.2, 0.25) is 0 Å². The van der Waals surface area contributed by atoms with Gasteiger partial charge in [0.15, 0.2) is 11.6 Å². The molecule has 7 rings (SSSR count).